The van der Waals surface area contributed by atoms with Gasteiger partial charge in [-0.3, -0.25) is 4.99 Å². The number of benzene rings is 1. The third kappa shape index (κ3) is 8.34. The van der Waals surface area contributed by atoms with Crippen molar-refractivity contribution in [3.8, 4) is 11.5 Å². The zero-order valence-corrected chi connectivity index (χ0v) is 17.6. The molecular formula is C19H32N4O5. The molecule has 9 nitrogen and oxygen atoms in total. The van der Waals surface area contributed by atoms with Crippen molar-refractivity contribution in [1.29, 1.82) is 0 Å². The average Bonchev–Trinajstić information content (AvgIpc) is 2.62. The van der Waals surface area contributed by atoms with Gasteiger partial charge in [0, 0.05) is 32.0 Å². The Hall–Kier alpha value is -2.68. The van der Waals surface area contributed by atoms with Gasteiger partial charge in [-0.15, -0.1) is 0 Å². The number of guanidine groups is 1. The van der Waals surface area contributed by atoms with Gasteiger partial charge in [0.05, 0.1) is 27.4 Å². The fourth-order valence-corrected chi connectivity index (χ4v) is 2.21. The first-order valence-corrected chi connectivity index (χ1v) is 8.96. The van der Waals surface area contributed by atoms with E-state index < -0.39 is 11.7 Å². The van der Waals surface area contributed by atoms with Crippen LogP contribution in [-0.2, 0) is 9.47 Å². The molecule has 1 aromatic rings. The molecule has 0 radical (unpaired) electrons. The van der Waals surface area contributed by atoms with E-state index in [9.17, 15) is 4.79 Å². The van der Waals surface area contributed by atoms with Crippen LogP contribution in [-0.4, -0.2) is 70.1 Å². The molecule has 9 heteroatoms. The Balaban J connectivity index is 2.67. The Morgan fingerprint density at radius 2 is 1.82 bits per heavy atom. The molecule has 0 aliphatic rings. The van der Waals surface area contributed by atoms with Crippen LogP contribution >= 0.6 is 0 Å². The van der Waals surface area contributed by atoms with Gasteiger partial charge in [0.15, 0.2) is 17.5 Å². The largest absolute Gasteiger partial charge is 0.493 e. The molecule has 0 atom stereocenters. The molecule has 3 N–H and O–H groups in total. The van der Waals surface area contributed by atoms with Gasteiger partial charge in [-0.2, -0.15) is 0 Å². The Morgan fingerprint density at radius 3 is 2.39 bits per heavy atom. The summed E-state index contributed by atoms with van der Waals surface area (Å²) in [6.45, 7) is 6.95. The Morgan fingerprint density at radius 1 is 1.14 bits per heavy atom. The molecule has 0 aliphatic carbocycles. The first-order valence-electron chi connectivity index (χ1n) is 8.96. The predicted molar refractivity (Wildman–Crippen MR) is 109 cm³/mol. The zero-order valence-electron chi connectivity index (χ0n) is 17.6. The molecule has 1 amide bonds. The number of nitrogens with zero attached hydrogens (tertiary/aromatic N) is 2. The van der Waals surface area contributed by atoms with Crippen molar-refractivity contribution in [3.05, 3.63) is 18.2 Å². The van der Waals surface area contributed by atoms with Crippen LogP contribution in [0.4, 0.5) is 10.5 Å². The lowest BCUT2D eigenvalue weighted by molar-refractivity contribution is 0.0208. The molecular weight excluding hydrogens is 364 g/mol. The number of nitrogens with one attached hydrogen (secondary N) is 1. The number of hydrogen-bond acceptors (Lipinski definition) is 6. The molecule has 1 aromatic carbocycles. The minimum atomic E-state index is -0.570. The maximum Gasteiger partial charge on any atom is 0.410 e. The van der Waals surface area contributed by atoms with E-state index in [1.54, 1.807) is 44.4 Å². The van der Waals surface area contributed by atoms with E-state index in [1.165, 1.54) is 0 Å². The zero-order chi connectivity index (χ0) is 21.2. The molecule has 0 bridgehead atoms. The van der Waals surface area contributed by atoms with E-state index in [0.717, 1.165) is 0 Å². The van der Waals surface area contributed by atoms with Crippen molar-refractivity contribution in [2.24, 2.45) is 10.7 Å². The second kappa shape index (κ2) is 11.2. The number of carbonyl (C=O) groups is 1. The second-order valence-corrected chi connectivity index (χ2v) is 6.92. The van der Waals surface area contributed by atoms with Crippen LogP contribution in [0.15, 0.2) is 23.2 Å². The number of anilines is 1. The first-order chi connectivity index (χ1) is 13.2. The lowest BCUT2D eigenvalue weighted by atomic mass is 10.2. The van der Waals surface area contributed by atoms with Crippen LogP contribution in [0.1, 0.15) is 20.8 Å². The van der Waals surface area contributed by atoms with Crippen LogP contribution in [0.25, 0.3) is 0 Å². The Bertz CT molecular complexity index is 658. The van der Waals surface area contributed by atoms with Crippen LogP contribution in [0.3, 0.4) is 0 Å². The number of methoxy groups -OCH3 is 3. The van der Waals surface area contributed by atoms with Crippen molar-refractivity contribution in [2.75, 3.05) is 52.9 Å². The highest BCUT2D eigenvalue weighted by Crippen LogP contribution is 2.29. The highest BCUT2D eigenvalue weighted by Gasteiger charge is 2.21. The summed E-state index contributed by atoms with van der Waals surface area (Å²) in [5, 5.41) is 2.99. The lowest BCUT2D eigenvalue weighted by Gasteiger charge is -2.26. The summed E-state index contributed by atoms with van der Waals surface area (Å²) in [6.07, 6.45) is -0.411. The van der Waals surface area contributed by atoms with Crippen molar-refractivity contribution in [3.63, 3.8) is 0 Å². The highest BCUT2D eigenvalue weighted by atomic mass is 16.6. The number of amides is 1. The molecule has 28 heavy (non-hydrogen) atoms. The second-order valence-electron chi connectivity index (χ2n) is 6.92. The molecule has 0 fully saturated rings. The summed E-state index contributed by atoms with van der Waals surface area (Å²) in [7, 11) is 4.71. The third-order valence-corrected chi connectivity index (χ3v) is 3.53. The number of ether oxygens (including phenoxy) is 4. The summed E-state index contributed by atoms with van der Waals surface area (Å²) < 4.78 is 20.9. The van der Waals surface area contributed by atoms with Gasteiger partial charge in [-0.25, -0.2) is 4.79 Å². The molecule has 1 rings (SSSR count). The van der Waals surface area contributed by atoms with Crippen molar-refractivity contribution in [2.45, 2.75) is 26.4 Å². The van der Waals surface area contributed by atoms with Gasteiger partial charge >= 0.3 is 6.09 Å². The van der Waals surface area contributed by atoms with Gasteiger partial charge in [0.2, 0.25) is 0 Å². The van der Waals surface area contributed by atoms with Gasteiger partial charge in [-0.1, -0.05) is 0 Å². The maximum absolute atomic E-state index is 12.3. The van der Waals surface area contributed by atoms with Crippen molar-refractivity contribution in [1.82, 2.24) is 4.90 Å². The van der Waals surface area contributed by atoms with E-state index in [2.05, 4.69) is 10.3 Å². The molecule has 0 spiro atoms. The number of hydrogen-bond donors (Lipinski definition) is 2. The third-order valence-electron chi connectivity index (χ3n) is 3.53. The molecule has 0 aromatic heterocycles. The predicted octanol–water partition coefficient (Wildman–Crippen LogP) is 2.31. The van der Waals surface area contributed by atoms with E-state index >= 15 is 0 Å². The van der Waals surface area contributed by atoms with Gasteiger partial charge in [-0.05, 0) is 32.9 Å². The summed E-state index contributed by atoms with van der Waals surface area (Å²) in [4.78, 5) is 18.1. The number of aliphatic imine (C=N–C) groups is 1. The lowest BCUT2D eigenvalue weighted by Crippen LogP contribution is -2.40. The first kappa shape index (κ1) is 23.4. The quantitative estimate of drug-likeness (QED) is 0.487. The standard InChI is InChI=1S/C19H32N4O5/c1-19(2,3)28-18(24)23(11-12-25-4)10-9-21-17(20)22-14-7-8-15(26-5)16(13-14)27-6/h7-8,13H,9-12H2,1-6H3,(H3,20,21,22). The molecule has 158 valence electrons. The SMILES string of the molecule is COCCN(CCN=C(N)Nc1ccc(OC)c(OC)c1)C(=O)OC(C)(C)C. The molecule has 0 unspecified atom stereocenters. The van der Waals surface area contributed by atoms with Crippen LogP contribution in [0.5, 0.6) is 11.5 Å². The normalized spacial score (nSPS) is 11.7. The van der Waals surface area contributed by atoms with Crippen LogP contribution in [0.2, 0.25) is 0 Å². The fraction of sp³-hybridized carbons (Fsp3) is 0.579. The Labute approximate surface area is 166 Å². The molecule has 0 heterocycles. The topological polar surface area (TPSA) is 108 Å². The smallest absolute Gasteiger partial charge is 0.410 e. The van der Waals surface area contributed by atoms with Crippen LogP contribution in [0, 0.1) is 0 Å². The molecule has 0 aliphatic heterocycles. The summed E-state index contributed by atoms with van der Waals surface area (Å²) >= 11 is 0. The number of nitrogens with two attached hydrogens (primary N) is 1. The van der Waals surface area contributed by atoms with Gasteiger partial charge < -0.3 is 34.9 Å². The van der Waals surface area contributed by atoms with Crippen LogP contribution < -0.4 is 20.5 Å². The fourth-order valence-electron chi connectivity index (χ4n) is 2.21. The summed E-state index contributed by atoms with van der Waals surface area (Å²) in [5.41, 5.74) is 6.08. The highest BCUT2D eigenvalue weighted by molar-refractivity contribution is 5.92. The minimum Gasteiger partial charge on any atom is -0.493 e. The Kier molecular flexibility index (Phi) is 9.37. The summed E-state index contributed by atoms with van der Waals surface area (Å²) in [6, 6.07) is 5.32. The van der Waals surface area contributed by atoms with Gasteiger partial charge in [0.1, 0.15) is 5.60 Å². The average molecular weight is 396 g/mol. The summed E-state index contributed by atoms with van der Waals surface area (Å²) in [5.74, 6) is 1.42. The van der Waals surface area contributed by atoms with Gasteiger partial charge in [0.25, 0.3) is 0 Å². The molecule has 0 saturated carbocycles. The minimum absolute atomic E-state index is 0.225. The number of rotatable bonds is 9. The van der Waals surface area contributed by atoms with E-state index in [-0.39, 0.29) is 5.96 Å². The number of carbonyl (C=O) groups excluding carboxylic acids is 1. The monoisotopic (exact) mass is 396 g/mol. The van der Waals surface area contributed by atoms with E-state index in [1.807, 2.05) is 20.8 Å². The van der Waals surface area contributed by atoms with Crippen molar-refractivity contribution < 1.29 is 23.7 Å². The molecule has 0 saturated heterocycles. The van der Waals surface area contributed by atoms with E-state index in [4.69, 9.17) is 24.7 Å². The van der Waals surface area contributed by atoms with E-state index in [0.29, 0.717) is 43.4 Å². The maximum atomic E-state index is 12.3. The van der Waals surface area contributed by atoms with Crippen molar-refractivity contribution >= 4 is 17.7 Å².